The lowest BCUT2D eigenvalue weighted by Crippen LogP contribution is -2.55. The third kappa shape index (κ3) is 4.19. The first-order valence-electron chi connectivity index (χ1n) is 6.99. The van der Waals surface area contributed by atoms with Crippen LogP contribution in [0.1, 0.15) is 20.8 Å². The minimum Gasteiger partial charge on any atom is -0.444 e. The van der Waals surface area contributed by atoms with Crippen molar-refractivity contribution >= 4 is 23.8 Å². The number of nitrogens with two attached hydrogens (primary N) is 1. The Balaban J connectivity index is 1.76. The number of aliphatic imine (C=N–C) groups is 1. The highest BCUT2D eigenvalue weighted by atomic mass is 32.2. The Labute approximate surface area is 124 Å². The molecule has 2 saturated heterocycles. The third-order valence-electron chi connectivity index (χ3n) is 3.16. The van der Waals surface area contributed by atoms with Gasteiger partial charge in [-0.3, -0.25) is 0 Å². The number of likely N-dealkylation sites (tertiary alicyclic amines) is 1. The van der Waals surface area contributed by atoms with Gasteiger partial charge in [-0.05, 0) is 20.8 Å². The number of hydrogen-bond acceptors (Lipinski definition) is 4. The molecule has 114 valence electrons. The van der Waals surface area contributed by atoms with E-state index in [9.17, 15) is 4.79 Å². The lowest BCUT2D eigenvalue weighted by molar-refractivity contribution is 0.00895. The number of carbonyl (C=O) groups excluding carboxylic acids is 1. The van der Waals surface area contributed by atoms with Crippen molar-refractivity contribution in [2.45, 2.75) is 32.4 Å². The van der Waals surface area contributed by atoms with Crippen molar-refractivity contribution < 1.29 is 9.53 Å². The summed E-state index contributed by atoms with van der Waals surface area (Å²) in [4.78, 5) is 20.1. The van der Waals surface area contributed by atoms with Gasteiger partial charge in [0.15, 0.2) is 5.96 Å². The van der Waals surface area contributed by atoms with Gasteiger partial charge < -0.3 is 20.3 Å². The quantitative estimate of drug-likeness (QED) is 0.577. The fourth-order valence-electron chi connectivity index (χ4n) is 2.07. The SMILES string of the molecule is CC(C)(C)OC(=O)N1CC(N=C(N)N2CCSCC2)C1. The van der Waals surface area contributed by atoms with Gasteiger partial charge >= 0.3 is 6.09 Å². The lowest BCUT2D eigenvalue weighted by Gasteiger charge is -2.38. The summed E-state index contributed by atoms with van der Waals surface area (Å²) in [6, 6.07) is 0.108. The Kier molecular flexibility index (Phi) is 4.67. The first kappa shape index (κ1) is 15.3. The second-order valence-corrected chi connectivity index (χ2v) is 7.35. The molecule has 0 bridgehead atoms. The van der Waals surface area contributed by atoms with Crippen molar-refractivity contribution in [2.24, 2.45) is 10.7 Å². The number of amides is 1. The highest BCUT2D eigenvalue weighted by molar-refractivity contribution is 7.99. The molecule has 0 aromatic rings. The molecule has 0 spiro atoms. The van der Waals surface area contributed by atoms with Crippen molar-refractivity contribution in [2.75, 3.05) is 37.7 Å². The number of guanidine groups is 1. The molecule has 7 heteroatoms. The predicted molar refractivity (Wildman–Crippen MR) is 82.1 cm³/mol. The van der Waals surface area contributed by atoms with E-state index in [4.69, 9.17) is 10.5 Å². The second kappa shape index (κ2) is 6.11. The summed E-state index contributed by atoms with van der Waals surface area (Å²) in [6.45, 7) is 8.72. The van der Waals surface area contributed by atoms with E-state index in [0.29, 0.717) is 19.0 Å². The number of nitrogens with zero attached hydrogens (tertiary/aromatic N) is 3. The number of ether oxygens (including phenoxy) is 1. The van der Waals surface area contributed by atoms with Gasteiger partial charge in [-0.1, -0.05) is 0 Å². The van der Waals surface area contributed by atoms with E-state index in [0.717, 1.165) is 24.6 Å². The summed E-state index contributed by atoms with van der Waals surface area (Å²) in [7, 11) is 0. The van der Waals surface area contributed by atoms with Crippen molar-refractivity contribution in [1.29, 1.82) is 0 Å². The molecule has 0 unspecified atom stereocenters. The van der Waals surface area contributed by atoms with Crippen LogP contribution in [0.4, 0.5) is 4.79 Å². The molecule has 0 atom stereocenters. The molecular formula is C13H24N4O2S. The van der Waals surface area contributed by atoms with Crippen LogP contribution < -0.4 is 5.73 Å². The monoisotopic (exact) mass is 300 g/mol. The van der Waals surface area contributed by atoms with E-state index in [-0.39, 0.29) is 12.1 Å². The normalized spacial score (nSPS) is 21.6. The van der Waals surface area contributed by atoms with Crippen LogP contribution in [-0.4, -0.2) is 71.2 Å². The average molecular weight is 300 g/mol. The van der Waals surface area contributed by atoms with Gasteiger partial charge in [0.05, 0.1) is 6.04 Å². The van der Waals surface area contributed by atoms with E-state index in [1.54, 1.807) is 4.90 Å². The number of carbonyl (C=O) groups is 1. The van der Waals surface area contributed by atoms with E-state index < -0.39 is 5.60 Å². The number of rotatable bonds is 1. The molecule has 20 heavy (non-hydrogen) atoms. The number of thioether (sulfide) groups is 1. The third-order valence-corrected chi connectivity index (χ3v) is 4.11. The Morgan fingerprint density at radius 2 is 1.85 bits per heavy atom. The summed E-state index contributed by atoms with van der Waals surface area (Å²) < 4.78 is 5.31. The fraction of sp³-hybridized carbons (Fsp3) is 0.846. The Morgan fingerprint density at radius 3 is 2.40 bits per heavy atom. The molecule has 2 fully saturated rings. The highest BCUT2D eigenvalue weighted by Gasteiger charge is 2.34. The molecule has 0 aromatic carbocycles. The van der Waals surface area contributed by atoms with Crippen molar-refractivity contribution in [3.63, 3.8) is 0 Å². The van der Waals surface area contributed by atoms with Crippen molar-refractivity contribution in [3.05, 3.63) is 0 Å². The molecule has 2 N–H and O–H groups in total. The summed E-state index contributed by atoms with van der Waals surface area (Å²) >= 11 is 1.94. The van der Waals surface area contributed by atoms with Gasteiger partial charge in [-0.25, -0.2) is 9.79 Å². The maximum Gasteiger partial charge on any atom is 0.410 e. The maximum absolute atomic E-state index is 11.8. The molecule has 0 aliphatic carbocycles. The minimum atomic E-state index is -0.448. The summed E-state index contributed by atoms with van der Waals surface area (Å²) in [6.07, 6.45) is -0.267. The smallest absolute Gasteiger partial charge is 0.410 e. The van der Waals surface area contributed by atoms with Gasteiger partial charge in [0.25, 0.3) is 0 Å². The van der Waals surface area contributed by atoms with Crippen LogP contribution in [0.15, 0.2) is 4.99 Å². The molecule has 2 aliphatic heterocycles. The Bertz CT molecular complexity index is 382. The molecular weight excluding hydrogens is 276 g/mol. The van der Waals surface area contributed by atoms with Crippen LogP contribution in [0.2, 0.25) is 0 Å². The Morgan fingerprint density at radius 1 is 1.25 bits per heavy atom. The van der Waals surface area contributed by atoms with Gasteiger partial charge in [-0.15, -0.1) is 0 Å². The minimum absolute atomic E-state index is 0.108. The van der Waals surface area contributed by atoms with Gasteiger partial charge in [0.2, 0.25) is 0 Å². The second-order valence-electron chi connectivity index (χ2n) is 6.13. The van der Waals surface area contributed by atoms with Crippen LogP contribution in [0, 0.1) is 0 Å². The van der Waals surface area contributed by atoms with Crippen LogP contribution in [0.25, 0.3) is 0 Å². The molecule has 0 aromatic heterocycles. The number of hydrogen-bond donors (Lipinski definition) is 1. The van der Waals surface area contributed by atoms with Crippen molar-refractivity contribution in [1.82, 2.24) is 9.80 Å². The van der Waals surface area contributed by atoms with Crippen LogP contribution in [-0.2, 0) is 4.74 Å². The maximum atomic E-state index is 11.8. The first-order chi connectivity index (χ1) is 9.35. The molecule has 2 rings (SSSR count). The topological polar surface area (TPSA) is 71.2 Å². The standard InChI is InChI=1S/C13H24N4O2S/c1-13(2,3)19-12(18)17-8-10(9-17)15-11(14)16-4-6-20-7-5-16/h10H,4-9H2,1-3H3,(H2,14,15). The fourth-order valence-corrected chi connectivity index (χ4v) is 2.98. The molecule has 0 saturated carbocycles. The zero-order chi connectivity index (χ0) is 14.8. The van der Waals surface area contributed by atoms with Gasteiger partial charge in [-0.2, -0.15) is 11.8 Å². The summed E-state index contributed by atoms with van der Waals surface area (Å²) in [5.74, 6) is 2.81. The van der Waals surface area contributed by atoms with Crippen molar-refractivity contribution in [3.8, 4) is 0 Å². The highest BCUT2D eigenvalue weighted by Crippen LogP contribution is 2.17. The average Bonchev–Trinajstić information content (AvgIpc) is 2.31. The predicted octanol–water partition coefficient (Wildman–Crippen LogP) is 0.969. The van der Waals surface area contributed by atoms with Crippen LogP contribution in [0.3, 0.4) is 0 Å². The lowest BCUT2D eigenvalue weighted by atomic mass is 10.1. The molecule has 2 heterocycles. The molecule has 1 amide bonds. The van der Waals surface area contributed by atoms with E-state index >= 15 is 0 Å². The van der Waals surface area contributed by atoms with Gasteiger partial charge in [0.1, 0.15) is 5.60 Å². The van der Waals surface area contributed by atoms with E-state index in [1.807, 2.05) is 32.5 Å². The van der Waals surface area contributed by atoms with Gasteiger partial charge in [0, 0.05) is 37.7 Å². The zero-order valence-corrected chi connectivity index (χ0v) is 13.3. The first-order valence-corrected chi connectivity index (χ1v) is 8.14. The Hall–Kier alpha value is -1.11. The molecule has 0 radical (unpaired) electrons. The summed E-state index contributed by atoms with van der Waals surface area (Å²) in [5, 5.41) is 0. The molecule has 2 aliphatic rings. The largest absolute Gasteiger partial charge is 0.444 e. The van der Waals surface area contributed by atoms with Crippen LogP contribution >= 0.6 is 11.8 Å². The van der Waals surface area contributed by atoms with E-state index in [1.165, 1.54) is 0 Å². The summed E-state index contributed by atoms with van der Waals surface area (Å²) in [5.41, 5.74) is 5.57. The zero-order valence-electron chi connectivity index (χ0n) is 12.5. The molecule has 6 nitrogen and oxygen atoms in total. The van der Waals surface area contributed by atoms with Crippen LogP contribution in [0.5, 0.6) is 0 Å². The van der Waals surface area contributed by atoms with E-state index in [2.05, 4.69) is 9.89 Å².